The van der Waals surface area contributed by atoms with Gasteiger partial charge in [-0.2, -0.15) is 0 Å². The van der Waals surface area contributed by atoms with Gasteiger partial charge in [-0.15, -0.1) is 0 Å². The molecule has 1 saturated heterocycles. The van der Waals surface area contributed by atoms with Crippen LogP contribution in [0.5, 0.6) is 0 Å². The van der Waals surface area contributed by atoms with Crippen LogP contribution in [0.4, 0.5) is 4.79 Å². The summed E-state index contributed by atoms with van der Waals surface area (Å²) in [7, 11) is 0. The minimum absolute atomic E-state index is 0.150. The molecule has 3 amide bonds. The smallest absolute Gasteiger partial charge is 0.315 e. The SMILES string of the molecule is CC(C)OCCCNC(=O)C1CNC(=O)N1. The van der Waals surface area contributed by atoms with E-state index >= 15 is 0 Å². The maximum Gasteiger partial charge on any atom is 0.315 e. The van der Waals surface area contributed by atoms with E-state index in [0.29, 0.717) is 19.7 Å². The van der Waals surface area contributed by atoms with Gasteiger partial charge in [-0.1, -0.05) is 0 Å². The molecule has 0 radical (unpaired) electrons. The average Bonchev–Trinajstić information content (AvgIpc) is 2.63. The number of nitrogens with one attached hydrogen (secondary N) is 3. The van der Waals surface area contributed by atoms with Crippen LogP contribution in [0.25, 0.3) is 0 Å². The fraction of sp³-hybridized carbons (Fsp3) is 0.800. The second kappa shape index (κ2) is 6.32. The lowest BCUT2D eigenvalue weighted by Crippen LogP contribution is -2.43. The van der Waals surface area contributed by atoms with Crippen molar-refractivity contribution in [2.75, 3.05) is 19.7 Å². The molecule has 0 aromatic heterocycles. The van der Waals surface area contributed by atoms with Crippen LogP contribution < -0.4 is 16.0 Å². The molecule has 0 aromatic rings. The van der Waals surface area contributed by atoms with Crippen molar-refractivity contribution in [1.29, 1.82) is 0 Å². The minimum Gasteiger partial charge on any atom is -0.379 e. The maximum atomic E-state index is 11.5. The molecule has 6 heteroatoms. The van der Waals surface area contributed by atoms with Crippen molar-refractivity contribution < 1.29 is 14.3 Å². The van der Waals surface area contributed by atoms with Crippen LogP contribution in [0.2, 0.25) is 0 Å². The van der Waals surface area contributed by atoms with Crippen molar-refractivity contribution in [3.8, 4) is 0 Å². The fourth-order valence-electron chi connectivity index (χ4n) is 1.34. The van der Waals surface area contributed by atoms with E-state index in [-0.39, 0.29) is 18.0 Å². The molecular formula is C10H19N3O3. The summed E-state index contributed by atoms with van der Waals surface area (Å²) in [5.74, 6) is -0.150. The first-order valence-corrected chi connectivity index (χ1v) is 5.53. The Kier molecular flexibility index (Phi) is 5.04. The predicted octanol–water partition coefficient (Wildman–Crippen LogP) is -0.401. The molecular weight excluding hydrogens is 210 g/mol. The van der Waals surface area contributed by atoms with Gasteiger partial charge in [0.05, 0.1) is 6.10 Å². The third-order valence-corrected chi connectivity index (χ3v) is 2.16. The summed E-state index contributed by atoms with van der Waals surface area (Å²) >= 11 is 0. The largest absolute Gasteiger partial charge is 0.379 e. The molecule has 92 valence electrons. The zero-order chi connectivity index (χ0) is 12.0. The van der Waals surface area contributed by atoms with Crippen LogP contribution in [0.1, 0.15) is 20.3 Å². The average molecular weight is 229 g/mol. The minimum atomic E-state index is -0.446. The topological polar surface area (TPSA) is 79.5 Å². The summed E-state index contributed by atoms with van der Waals surface area (Å²) in [6, 6.07) is -0.734. The number of carbonyl (C=O) groups is 2. The molecule has 1 fully saturated rings. The molecule has 1 aliphatic rings. The van der Waals surface area contributed by atoms with Crippen LogP contribution in [-0.2, 0) is 9.53 Å². The van der Waals surface area contributed by atoms with Crippen molar-refractivity contribution in [1.82, 2.24) is 16.0 Å². The van der Waals surface area contributed by atoms with Crippen LogP contribution in [0.3, 0.4) is 0 Å². The lowest BCUT2D eigenvalue weighted by Gasteiger charge is -2.10. The van der Waals surface area contributed by atoms with E-state index < -0.39 is 6.04 Å². The van der Waals surface area contributed by atoms with E-state index in [4.69, 9.17) is 4.74 Å². The highest BCUT2D eigenvalue weighted by Gasteiger charge is 2.25. The molecule has 16 heavy (non-hydrogen) atoms. The Morgan fingerprint density at radius 3 is 2.94 bits per heavy atom. The Morgan fingerprint density at radius 1 is 1.62 bits per heavy atom. The van der Waals surface area contributed by atoms with E-state index in [1.165, 1.54) is 0 Å². The van der Waals surface area contributed by atoms with Crippen molar-refractivity contribution in [2.24, 2.45) is 0 Å². The Bertz CT molecular complexity index is 256. The van der Waals surface area contributed by atoms with Crippen LogP contribution in [-0.4, -0.2) is 43.8 Å². The Morgan fingerprint density at radius 2 is 2.38 bits per heavy atom. The number of hydrogen-bond donors (Lipinski definition) is 3. The summed E-state index contributed by atoms with van der Waals surface area (Å²) in [5, 5.41) is 7.80. The standard InChI is InChI=1S/C10H19N3O3/c1-7(2)16-5-3-4-11-9(14)8-6-12-10(15)13-8/h7-8H,3-6H2,1-2H3,(H,11,14)(H2,12,13,15). The predicted molar refractivity (Wildman–Crippen MR) is 59.0 cm³/mol. The first-order valence-electron chi connectivity index (χ1n) is 5.53. The van der Waals surface area contributed by atoms with Crippen molar-refractivity contribution in [3.05, 3.63) is 0 Å². The fourth-order valence-corrected chi connectivity index (χ4v) is 1.34. The van der Waals surface area contributed by atoms with E-state index in [1.54, 1.807) is 0 Å². The first kappa shape index (κ1) is 12.8. The van der Waals surface area contributed by atoms with Gasteiger partial charge >= 0.3 is 6.03 Å². The quantitative estimate of drug-likeness (QED) is 0.542. The summed E-state index contributed by atoms with van der Waals surface area (Å²) in [4.78, 5) is 22.3. The number of carbonyl (C=O) groups excluding carboxylic acids is 2. The Labute approximate surface area is 95.1 Å². The highest BCUT2D eigenvalue weighted by Crippen LogP contribution is 1.92. The lowest BCUT2D eigenvalue weighted by molar-refractivity contribution is -0.122. The molecule has 0 bridgehead atoms. The summed E-state index contributed by atoms with van der Waals surface area (Å²) in [6.45, 7) is 5.49. The van der Waals surface area contributed by atoms with Crippen molar-refractivity contribution in [3.63, 3.8) is 0 Å². The molecule has 0 saturated carbocycles. The third-order valence-electron chi connectivity index (χ3n) is 2.16. The highest BCUT2D eigenvalue weighted by atomic mass is 16.5. The van der Waals surface area contributed by atoms with Gasteiger partial charge in [0.15, 0.2) is 0 Å². The van der Waals surface area contributed by atoms with Gasteiger partial charge in [-0.25, -0.2) is 4.79 Å². The second-order valence-electron chi connectivity index (χ2n) is 3.97. The van der Waals surface area contributed by atoms with E-state index in [1.807, 2.05) is 13.8 Å². The zero-order valence-electron chi connectivity index (χ0n) is 9.71. The monoisotopic (exact) mass is 229 g/mol. The summed E-state index contributed by atoms with van der Waals surface area (Å²) in [6.07, 6.45) is 0.992. The van der Waals surface area contributed by atoms with Gasteiger partial charge in [-0.05, 0) is 20.3 Å². The highest BCUT2D eigenvalue weighted by molar-refractivity contribution is 5.90. The number of hydrogen-bond acceptors (Lipinski definition) is 3. The third kappa shape index (κ3) is 4.48. The molecule has 3 N–H and O–H groups in total. The molecule has 6 nitrogen and oxygen atoms in total. The van der Waals surface area contributed by atoms with Crippen LogP contribution in [0, 0.1) is 0 Å². The molecule has 1 atom stereocenters. The van der Waals surface area contributed by atoms with Crippen molar-refractivity contribution >= 4 is 11.9 Å². The Hall–Kier alpha value is -1.30. The molecule has 0 aromatic carbocycles. The molecule has 0 spiro atoms. The number of amides is 3. The lowest BCUT2D eigenvalue weighted by atomic mass is 10.3. The number of urea groups is 1. The van der Waals surface area contributed by atoms with E-state index in [9.17, 15) is 9.59 Å². The van der Waals surface area contributed by atoms with Gasteiger partial charge in [0, 0.05) is 19.7 Å². The van der Waals surface area contributed by atoms with Crippen LogP contribution in [0.15, 0.2) is 0 Å². The summed E-state index contributed by atoms with van der Waals surface area (Å²) in [5.41, 5.74) is 0. The van der Waals surface area contributed by atoms with Gasteiger partial charge in [0.25, 0.3) is 0 Å². The number of ether oxygens (including phenoxy) is 1. The molecule has 1 unspecified atom stereocenters. The molecule has 1 aliphatic heterocycles. The Balaban J connectivity index is 2.04. The molecule has 1 rings (SSSR count). The molecule has 1 heterocycles. The van der Waals surface area contributed by atoms with E-state index in [0.717, 1.165) is 6.42 Å². The zero-order valence-corrected chi connectivity index (χ0v) is 9.71. The van der Waals surface area contributed by atoms with E-state index in [2.05, 4.69) is 16.0 Å². The van der Waals surface area contributed by atoms with Crippen molar-refractivity contribution in [2.45, 2.75) is 32.4 Å². The van der Waals surface area contributed by atoms with Crippen LogP contribution >= 0.6 is 0 Å². The van der Waals surface area contributed by atoms with Gasteiger partial charge in [0.1, 0.15) is 6.04 Å². The van der Waals surface area contributed by atoms with Gasteiger partial charge in [0.2, 0.25) is 5.91 Å². The molecule has 0 aliphatic carbocycles. The van der Waals surface area contributed by atoms with Gasteiger partial charge in [-0.3, -0.25) is 4.79 Å². The second-order valence-corrected chi connectivity index (χ2v) is 3.97. The van der Waals surface area contributed by atoms with Gasteiger partial charge < -0.3 is 20.7 Å². The summed E-state index contributed by atoms with van der Waals surface area (Å²) < 4.78 is 5.33. The normalized spacial score (nSPS) is 19.4. The first-order chi connectivity index (χ1) is 7.59. The maximum absolute atomic E-state index is 11.5. The number of rotatable bonds is 6.